The van der Waals surface area contributed by atoms with Crippen LogP contribution < -0.4 is 5.32 Å². The van der Waals surface area contributed by atoms with Crippen molar-refractivity contribution in [1.29, 1.82) is 0 Å². The van der Waals surface area contributed by atoms with E-state index in [4.69, 9.17) is 0 Å². The quantitative estimate of drug-likeness (QED) is 0.867. The molecular weight excluding hydrogens is 228 g/mol. The van der Waals surface area contributed by atoms with Gasteiger partial charge in [0.05, 0.1) is 5.01 Å². The SMILES string of the molecule is Cc1csc(CC(CNC(C)(C)C)C(C)C)n1. The first kappa shape index (κ1) is 14.7. The third-order valence-electron chi connectivity index (χ3n) is 2.94. The summed E-state index contributed by atoms with van der Waals surface area (Å²) in [6.07, 6.45) is 1.10. The van der Waals surface area contributed by atoms with Gasteiger partial charge in [-0.3, -0.25) is 0 Å². The zero-order valence-electron chi connectivity index (χ0n) is 12.0. The van der Waals surface area contributed by atoms with Crippen LogP contribution in [0.25, 0.3) is 0 Å². The van der Waals surface area contributed by atoms with Crippen molar-refractivity contribution in [2.24, 2.45) is 11.8 Å². The smallest absolute Gasteiger partial charge is 0.0931 e. The third-order valence-corrected chi connectivity index (χ3v) is 3.93. The lowest BCUT2D eigenvalue weighted by atomic mass is 9.91. The van der Waals surface area contributed by atoms with E-state index in [-0.39, 0.29) is 5.54 Å². The molecule has 0 aliphatic carbocycles. The maximum Gasteiger partial charge on any atom is 0.0931 e. The topological polar surface area (TPSA) is 24.9 Å². The highest BCUT2D eigenvalue weighted by Gasteiger charge is 2.18. The van der Waals surface area contributed by atoms with E-state index >= 15 is 0 Å². The largest absolute Gasteiger partial charge is 0.312 e. The molecule has 1 unspecified atom stereocenters. The zero-order valence-corrected chi connectivity index (χ0v) is 12.8. The van der Waals surface area contributed by atoms with Crippen molar-refractivity contribution in [3.63, 3.8) is 0 Å². The fourth-order valence-corrected chi connectivity index (χ4v) is 2.57. The summed E-state index contributed by atoms with van der Waals surface area (Å²) >= 11 is 1.79. The van der Waals surface area contributed by atoms with Crippen molar-refractivity contribution < 1.29 is 0 Å². The first-order valence-electron chi connectivity index (χ1n) is 6.44. The standard InChI is InChI=1S/C14H26N2S/c1-10(2)12(8-15-14(4,5)6)7-13-16-11(3)9-17-13/h9-10,12,15H,7-8H2,1-6H3. The van der Waals surface area contributed by atoms with Gasteiger partial charge in [-0.2, -0.15) is 0 Å². The van der Waals surface area contributed by atoms with E-state index in [1.165, 1.54) is 5.01 Å². The van der Waals surface area contributed by atoms with E-state index in [1.54, 1.807) is 11.3 Å². The number of aromatic nitrogens is 1. The highest BCUT2D eigenvalue weighted by molar-refractivity contribution is 7.09. The van der Waals surface area contributed by atoms with E-state index in [2.05, 4.69) is 57.2 Å². The number of rotatable bonds is 5. The summed E-state index contributed by atoms with van der Waals surface area (Å²) in [6.45, 7) is 14.4. The molecule has 0 spiro atoms. The molecule has 0 saturated heterocycles. The summed E-state index contributed by atoms with van der Waals surface area (Å²) in [5.74, 6) is 1.36. The molecule has 0 fully saturated rings. The number of thiazole rings is 1. The summed E-state index contributed by atoms with van der Waals surface area (Å²) in [5.41, 5.74) is 1.35. The Morgan fingerprint density at radius 3 is 2.41 bits per heavy atom. The molecule has 98 valence electrons. The average molecular weight is 254 g/mol. The second-order valence-electron chi connectivity index (χ2n) is 6.22. The second-order valence-corrected chi connectivity index (χ2v) is 7.16. The fraction of sp³-hybridized carbons (Fsp3) is 0.786. The molecular formula is C14H26N2S. The van der Waals surface area contributed by atoms with E-state index in [0.717, 1.165) is 18.7 Å². The average Bonchev–Trinajstić information content (AvgIpc) is 2.56. The van der Waals surface area contributed by atoms with E-state index in [1.807, 2.05) is 0 Å². The zero-order chi connectivity index (χ0) is 13.1. The van der Waals surface area contributed by atoms with Gasteiger partial charge in [0.25, 0.3) is 0 Å². The maximum absolute atomic E-state index is 4.57. The van der Waals surface area contributed by atoms with Gasteiger partial charge in [0, 0.05) is 23.0 Å². The van der Waals surface area contributed by atoms with Crippen LogP contribution in [0.4, 0.5) is 0 Å². The Kier molecular flexibility index (Phi) is 5.14. The van der Waals surface area contributed by atoms with Gasteiger partial charge in [0.1, 0.15) is 0 Å². The van der Waals surface area contributed by atoms with Crippen LogP contribution in [0.3, 0.4) is 0 Å². The van der Waals surface area contributed by atoms with Gasteiger partial charge in [-0.05, 0) is 46.1 Å². The highest BCUT2D eigenvalue weighted by Crippen LogP contribution is 2.20. The fourth-order valence-electron chi connectivity index (χ4n) is 1.70. The van der Waals surface area contributed by atoms with E-state index in [0.29, 0.717) is 11.8 Å². The molecule has 0 aliphatic rings. The lowest BCUT2D eigenvalue weighted by Crippen LogP contribution is -2.40. The molecule has 0 saturated carbocycles. The Morgan fingerprint density at radius 1 is 1.35 bits per heavy atom. The summed E-state index contributed by atoms with van der Waals surface area (Å²) < 4.78 is 0. The number of aryl methyl sites for hydroxylation is 1. The molecule has 0 aromatic carbocycles. The van der Waals surface area contributed by atoms with Crippen LogP contribution in [-0.2, 0) is 6.42 Å². The molecule has 1 heterocycles. The van der Waals surface area contributed by atoms with Crippen LogP contribution >= 0.6 is 11.3 Å². The normalized spacial score (nSPS) is 14.3. The second kappa shape index (κ2) is 5.96. The van der Waals surface area contributed by atoms with Crippen LogP contribution in [0.15, 0.2) is 5.38 Å². The minimum Gasteiger partial charge on any atom is -0.312 e. The first-order valence-corrected chi connectivity index (χ1v) is 7.32. The predicted molar refractivity (Wildman–Crippen MR) is 76.6 cm³/mol. The molecule has 0 amide bonds. The van der Waals surface area contributed by atoms with Gasteiger partial charge in [-0.1, -0.05) is 13.8 Å². The lowest BCUT2D eigenvalue weighted by molar-refractivity contribution is 0.312. The van der Waals surface area contributed by atoms with Crippen molar-refractivity contribution >= 4 is 11.3 Å². The molecule has 1 aromatic heterocycles. The number of hydrogen-bond acceptors (Lipinski definition) is 3. The Hall–Kier alpha value is -0.410. The highest BCUT2D eigenvalue weighted by atomic mass is 32.1. The van der Waals surface area contributed by atoms with Crippen LogP contribution in [0.5, 0.6) is 0 Å². The Balaban J connectivity index is 2.55. The van der Waals surface area contributed by atoms with Crippen molar-refractivity contribution in [1.82, 2.24) is 10.3 Å². The number of nitrogens with one attached hydrogen (secondary N) is 1. The maximum atomic E-state index is 4.57. The van der Waals surface area contributed by atoms with Gasteiger partial charge in [0.2, 0.25) is 0 Å². The molecule has 0 aliphatic heterocycles. The number of nitrogens with zero attached hydrogens (tertiary/aromatic N) is 1. The van der Waals surface area contributed by atoms with Gasteiger partial charge in [0.15, 0.2) is 0 Å². The summed E-state index contributed by atoms with van der Waals surface area (Å²) in [5, 5.41) is 7.02. The van der Waals surface area contributed by atoms with Crippen LogP contribution in [0.1, 0.15) is 45.3 Å². The molecule has 1 rings (SSSR count). The van der Waals surface area contributed by atoms with Gasteiger partial charge >= 0.3 is 0 Å². The minimum atomic E-state index is 0.200. The molecule has 2 nitrogen and oxygen atoms in total. The molecule has 1 aromatic rings. The molecule has 1 N–H and O–H groups in total. The third kappa shape index (κ3) is 5.64. The summed E-state index contributed by atoms with van der Waals surface area (Å²) in [4.78, 5) is 4.57. The Labute approximate surface area is 110 Å². The summed E-state index contributed by atoms with van der Waals surface area (Å²) in [6, 6.07) is 0. The van der Waals surface area contributed by atoms with Gasteiger partial charge < -0.3 is 5.32 Å². The van der Waals surface area contributed by atoms with Gasteiger partial charge in [-0.25, -0.2) is 4.98 Å². The van der Waals surface area contributed by atoms with Crippen LogP contribution in [0.2, 0.25) is 0 Å². The van der Waals surface area contributed by atoms with Crippen molar-refractivity contribution in [3.05, 3.63) is 16.1 Å². The minimum absolute atomic E-state index is 0.200. The Bertz CT molecular complexity index is 336. The summed E-state index contributed by atoms with van der Waals surface area (Å²) in [7, 11) is 0. The monoisotopic (exact) mass is 254 g/mol. The van der Waals surface area contributed by atoms with E-state index < -0.39 is 0 Å². The van der Waals surface area contributed by atoms with Crippen molar-refractivity contribution in [2.45, 2.75) is 53.5 Å². The molecule has 1 atom stereocenters. The Morgan fingerprint density at radius 2 is 2.00 bits per heavy atom. The molecule has 17 heavy (non-hydrogen) atoms. The van der Waals surface area contributed by atoms with Gasteiger partial charge in [-0.15, -0.1) is 11.3 Å². The lowest BCUT2D eigenvalue weighted by Gasteiger charge is -2.27. The molecule has 3 heteroatoms. The van der Waals surface area contributed by atoms with Crippen molar-refractivity contribution in [2.75, 3.05) is 6.54 Å². The number of hydrogen-bond donors (Lipinski definition) is 1. The molecule has 0 bridgehead atoms. The molecule has 0 radical (unpaired) electrons. The van der Waals surface area contributed by atoms with Crippen LogP contribution in [0, 0.1) is 18.8 Å². The predicted octanol–water partition coefficient (Wildman–Crippen LogP) is 3.65. The van der Waals surface area contributed by atoms with Crippen molar-refractivity contribution in [3.8, 4) is 0 Å². The van der Waals surface area contributed by atoms with Crippen LogP contribution in [-0.4, -0.2) is 17.1 Å². The first-order chi connectivity index (χ1) is 7.78. The van der Waals surface area contributed by atoms with E-state index in [9.17, 15) is 0 Å².